The SMILES string of the molecule is CC=C1O[C@@](O)(C(=O)O)C[C@@H](O)[C@@H]1O. The lowest BCUT2D eigenvalue weighted by Crippen LogP contribution is -2.52. The maximum Gasteiger partial charge on any atom is 0.377 e. The van der Waals surface area contributed by atoms with Gasteiger partial charge in [-0.1, -0.05) is 0 Å². The third kappa shape index (κ3) is 1.72. The fraction of sp³-hybridized carbons (Fsp3) is 0.625. The molecule has 0 spiro atoms. The van der Waals surface area contributed by atoms with Crippen LogP contribution in [0.3, 0.4) is 0 Å². The molecule has 1 aliphatic rings. The molecule has 1 fully saturated rings. The summed E-state index contributed by atoms with van der Waals surface area (Å²) in [6.45, 7) is 1.50. The summed E-state index contributed by atoms with van der Waals surface area (Å²) in [7, 11) is 0. The van der Waals surface area contributed by atoms with Gasteiger partial charge < -0.3 is 25.2 Å². The normalized spacial score (nSPS) is 40.7. The fourth-order valence-electron chi connectivity index (χ4n) is 1.24. The molecule has 0 bridgehead atoms. The number of carbonyl (C=O) groups is 1. The minimum Gasteiger partial charge on any atom is -0.476 e. The molecule has 1 heterocycles. The third-order valence-corrected chi connectivity index (χ3v) is 2.05. The van der Waals surface area contributed by atoms with Crippen molar-refractivity contribution in [3.63, 3.8) is 0 Å². The molecule has 1 aliphatic heterocycles. The van der Waals surface area contributed by atoms with Crippen LogP contribution in [0.4, 0.5) is 0 Å². The van der Waals surface area contributed by atoms with E-state index in [1.807, 2.05) is 0 Å². The van der Waals surface area contributed by atoms with E-state index >= 15 is 0 Å². The zero-order valence-electron chi connectivity index (χ0n) is 7.54. The van der Waals surface area contributed by atoms with Gasteiger partial charge in [0.1, 0.15) is 11.9 Å². The quantitative estimate of drug-likeness (QED) is 0.427. The zero-order valence-corrected chi connectivity index (χ0v) is 7.54. The number of rotatable bonds is 1. The third-order valence-electron chi connectivity index (χ3n) is 2.05. The Morgan fingerprint density at radius 2 is 2.21 bits per heavy atom. The molecule has 0 aromatic heterocycles. The Labute approximate surface area is 80.1 Å². The number of aliphatic hydroxyl groups is 3. The van der Waals surface area contributed by atoms with Gasteiger partial charge in [-0.25, -0.2) is 4.79 Å². The number of hydrogen-bond acceptors (Lipinski definition) is 5. The average molecular weight is 204 g/mol. The van der Waals surface area contributed by atoms with Crippen molar-refractivity contribution in [2.24, 2.45) is 0 Å². The summed E-state index contributed by atoms with van der Waals surface area (Å²) < 4.78 is 4.67. The topological polar surface area (TPSA) is 107 Å². The van der Waals surface area contributed by atoms with Crippen molar-refractivity contribution < 1.29 is 30.0 Å². The molecule has 3 atom stereocenters. The van der Waals surface area contributed by atoms with E-state index in [1.54, 1.807) is 0 Å². The van der Waals surface area contributed by atoms with Crippen molar-refractivity contribution in [1.82, 2.24) is 0 Å². The predicted molar refractivity (Wildman–Crippen MR) is 44.1 cm³/mol. The summed E-state index contributed by atoms with van der Waals surface area (Å²) in [6.07, 6.45) is -1.92. The van der Waals surface area contributed by atoms with Crippen molar-refractivity contribution in [1.29, 1.82) is 0 Å². The second-order valence-corrected chi connectivity index (χ2v) is 3.10. The highest BCUT2D eigenvalue weighted by Gasteiger charge is 2.48. The molecule has 0 radical (unpaired) electrons. The maximum atomic E-state index is 10.6. The maximum absolute atomic E-state index is 10.6. The fourth-order valence-corrected chi connectivity index (χ4v) is 1.24. The first-order valence-electron chi connectivity index (χ1n) is 4.08. The second-order valence-electron chi connectivity index (χ2n) is 3.10. The summed E-state index contributed by atoms with van der Waals surface area (Å²) in [4.78, 5) is 10.6. The molecule has 6 heteroatoms. The van der Waals surface area contributed by atoms with Crippen LogP contribution in [-0.4, -0.2) is 44.4 Å². The van der Waals surface area contributed by atoms with Gasteiger partial charge in [0.05, 0.1) is 12.5 Å². The van der Waals surface area contributed by atoms with Crippen molar-refractivity contribution in [3.05, 3.63) is 11.8 Å². The Morgan fingerprint density at radius 3 is 2.64 bits per heavy atom. The summed E-state index contributed by atoms with van der Waals surface area (Å²) in [5.41, 5.74) is 0. The molecule has 4 N–H and O–H groups in total. The van der Waals surface area contributed by atoms with Gasteiger partial charge in [-0.15, -0.1) is 0 Å². The molecule has 14 heavy (non-hydrogen) atoms. The summed E-state index contributed by atoms with van der Waals surface area (Å²) in [6, 6.07) is 0. The summed E-state index contributed by atoms with van der Waals surface area (Å²) in [5.74, 6) is -4.20. The standard InChI is InChI=1S/C8H12O6/c1-2-5-6(10)4(9)3-8(13,14-5)7(11)12/h2,4,6,9-10,13H,3H2,1H3,(H,11,12)/t4-,6+,8-/m1/s1. The second kappa shape index (κ2) is 3.56. The van der Waals surface area contributed by atoms with Crippen molar-refractivity contribution >= 4 is 5.97 Å². The van der Waals surface area contributed by atoms with E-state index in [0.717, 1.165) is 0 Å². The Morgan fingerprint density at radius 1 is 1.64 bits per heavy atom. The number of carboxylic acids is 1. The van der Waals surface area contributed by atoms with Gasteiger partial charge in [-0.3, -0.25) is 0 Å². The van der Waals surface area contributed by atoms with Crippen LogP contribution in [0.2, 0.25) is 0 Å². The van der Waals surface area contributed by atoms with E-state index in [0.29, 0.717) is 0 Å². The van der Waals surface area contributed by atoms with E-state index < -0.39 is 30.4 Å². The van der Waals surface area contributed by atoms with E-state index in [1.165, 1.54) is 13.0 Å². The van der Waals surface area contributed by atoms with Gasteiger partial charge in [0.15, 0.2) is 0 Å². The lowest BCUT2D eigenvalue weighted by atomic mass is 9.98. The highest BCUT2D eigenvalue weighted by molar-refractivity contribution is 5.75. The van der Waals surface area contributed by atoms with E-state index in [4.69, 9.17) is 5.11 Å². The van der Waals surface area contributed by atoms with Gasteiger partial charge in [0.2, 0.25) is 0 Å². The molecule has 1 saturated heterocycles. The first kappa shape index (κ1) is 11.0. The lowest BCUT2D eigenvalue weighted by molar-refractivity contribution is -0.245. The van der Waals surface area contributed by atoms with Crippen molar-refractivity contribution in [2.75, 3.05) is 0 Å². The van der Waals surface area contributed by atoms with Crippen LogP contribution in [0.1, 0.15) is 13.3 Å². The lowest BCUT2D eigenvalue weighted by Gasteiger charge is -2.36. The number of aliphatic carboxylic acids is 1. The van der Waals surface area contributed by atoms with E-state index in [2.05, 4.69) is 4.74 Å². The Balaban J connectivity index is 2.93. The van der Waals surface area contributed by atoms with E-state index in [-0.39, 0.29) is 5.76 Å². The molecule has 0 aliphatic carbocycles. The molecule has 80 valence electrons. The van der Waals surface area contributed by atoms with E-state index in [9.17, 15) is 20.1 Å². The van der Waals surface area contributed by atoms with Gasteiger partial charge in [-0.2, -0.15) is 0 Å². The molecule has 1 rings (SSSR count). The average Bonchev–Trinajstić information content (AvgIpc) is 2.11. The molecule has 0 saturated carbocycles. The Hall–Kier alpha value is -1.11. The van der Waals surface area contributed by atoms with Crippen LogP contribution < -0.4 is 0 Å². The Bertz CT molecular complexity index is 273. The van der Waals surface area contributed by atoms with Gasteiger partial charge in [0.25, 0.3) is 0 Å². The highest BCUT2D eigenvalue weighted by atomic mass is 16.7. The van der Waals surface area contributed by atoms with Crippen LogP contribution in [0.25, 0.3) is 0 Å². The largest absolute Gasteiger partial charge is 0.476 e. The number of hydrogen-bond donors (Lipinski definition) is 4. The predicted octanol–water partition coefficient (Wildman–Crippen LogP) is -1.19. The van der Waals surface area contributed by atoms with Crippen LogP contribution in [0.15, 0.2) is 11.8 Å². The number of ether oxygens (including phenoxy) is 1. The highest BCUT2D eigenvalue weighted by Crippen LogP contribution is 2.29. The first-order valence-corrected chi connectivity index (χ1v) is 4.08. The molecule has 0 unspecified atom stereocenters. The molecule has 0 amide bonds. The minimum atomic E-state index is -2.46. The molecular formula is C8H12O6. The number of allylic oxidation sites excluding steroid dienone is 1. The first-order chi connectivity index (χ1) is 6.40. The molecule has 6 nitrogen and oxygen atoms in total. The smallest absolute Gasteiger partial charge is 0.377 e. The minimum absolute atomic E-state index is 0.145. The molecular weight excluding hydrogens is 192 g/mol. The zero-order chi connectivity index (χ0) is 10.9. The van der Waals surface area contributed by atoms with Crippen LogP contribution in [0.5, 0.6) is 0 Å². The van der Waals surface area contributed by atoms with Crippen LogP contribution in [-0.2, 0) is 9.53 Å². The van der Waals surface area contributed by atoms with Crippen molar-refractivity contribution in [3.8, 4) is 0 Å². The van der Waals surface area contributed by atoms with Gasteiger partial charge in [0, 0.05) is 0 Å². The van der Waals surface area contributed by atoms with Crippen LogP contribution >= 0.6 is 0 Å². The summed E-state index contributed by atoms with van der Waals surface area (Å²) in [5, 5.41) is 36.6. The van der Waals surface area contributed by atoms with Gasteiger partial charge in [-0.05, 0) is 13.0 Å². The molecule has 0 aromatic carbocycles. The van der Waals surface area contributed by atoms with Crippen LogP contribution in [0, 0.1) is 0 Å². The molecule has 0 aromatic rings. The number of carboxylic acid groups (broad SMARTS) is 1. The monoisotopic (exact) mass is 204 g/mol. The number of aliphatic hydroxyl groups excluding tert-OH is 2. The van der Waals surface area contributed by atoms with Crippen molar-refractivity contribution in [2.45, 2.75) is 31.3 Å². The Kier molecular flexibility index (Phi) is 2.79. The van der Waals surface area contributed by atoms with Gasteiger partial charge >= 0.3 is 11.8 Å². The summed E-state index contributed by atoms with van der Waals surface area (Å²) >= 11 is 0.